The number of methoxy groups -OCH3 is 1. The Kier molecular flexibility index (Phi) is 3.88. The van der Waals surface area contributed by atoms with E-state index >= 15 is 0 Å². The number of ether oxygens (including phenoxy) is 1. The topological polar surface area (TPSA) is 73.1 Å². The lowest BCUT2D eigenvalue weighted by atomic mass is 10.3. The van der Waals surface area contributed by atoms with Crippen LogP contribution in [0.1, 0.15) is 0 Å². The molecule has 0 saturated heterocycles. The molecule has 0 aliphatic rings. The first-order valence-electron chi connectivity index (χ1n) is 4.98. The smallest absolute Gasteiger partial charge is 0.150 e. The minimum atomic E-state index is 0.355. The maximum Gasteiger partial charge on any atom is 0.150 e. The van der Waals surface area contributed by atoms with Crippen molar-refractivity contribution in [3.63, 3.8) is 0 Å². The Morgan fingerprint density at radius 3 is 2.89 bits per heavy atom. The van der Waals surface area contributed by atoms with E-state index in [1.807, 2.05) is 0 Å². The molecule has 2 rings (SSSR count). The Morgan fingerprint density at radius 2 is 2.17 bits per heavy atom. The van der Waals surface area contributed by atoms with Crippen molar-refractivity contribution in [1.29, 1.82) is 0 Å². The number of benzene rings is 1. The highest BCUT2D eigenvalue weighted by Gasteiger charge is 2.09. The lowest BCUT2D eigenvalue weighted by molar-refractivity contribution is 0.417. The third-order valence-corrected chi connectivity index (χ3v) is 3.25. The number of halogens is 2. The van der Waals surface area contributed by atoms with E-state index in [2.05, 4.69) is 31.2 Å². The molecule has 7 heteroatoms. The molecule has 1 aromatic heterocycles. The van der Waals surface area contributed by atoms with Crippen molar-refractivity contribution in [3.05, 3.63) is 34.0 Å². The average molecular weight is 330 g/mol. The maximum atomic E-state index is 5.95. The number of aromatic nitrogens is 2. The molecule has 94 valence electrons. The molecule has 0 amide bonds. The zero-order chi connectivity index (χ0) is 13.1. The number of hydrogen-bond donors (Lipinski definition) is 2. The molecule has 0 saturated carbocycles. The van der Waals surface area contributed by atoms with Crippen LogP contribution in [0.3, 0.4) is 0 Å². The first kappa shape index (κ1) is 12.9. The maximum absolute atomic E-state index is 5.95. The Labute approximate surface area is 117 Å². The number of nitrogens with one attached hydrogen (secondary N) is 1. The van der Waals surface area contributed by atoms with Gasteiger partial charge >= 0.3 is 0 Å². The van der Waals surface area contributed by atoms with Crippen LogP contribution >= 0.6 is 27.5 Å². The number of nitrogens with zero attached hydrogens (tertiary/aromatic N) is 2. The van der Waals surface area contributed by atoms with Crippen molar-refractivity contribution in [2.45, 2.75) is 0 Å². The van der Waals surface area contributed by atoms with Gasteiger partial charge in [0.05, 0.1) is 12.8 Å². The van der Waals surface area contributed by atoms with Gasteiger partial charge in [0, 0.05) is 5.02 Å². The molecule has 1 aromatic carbocycles. The minimum absolute atomic E-state index is 0.355. The van der Waals surface area contributed by atoms with Gasteiger partial charge in [0.2, 0.25) is 0 Å². The lowest BCUT2D eigenvalue weighted by Gasteiger charge is -2.12. The van der Waals surface area contributed by atoms with Crippen molar-refractivity contribution in [3.8, 4) is 5.75 Å². The van der Waals surface area contributed by atoms with Gasteiger partial charge in [0.1, 0.15) is 28.2 Å². The molecule has 0 bridgehead atoms. The van der Waals surface area contributed by atoms with Gasteiger partial charge in [-0.15, -0.1) is 0 Å². The summed E-state index contributed by atoms with van der Waals surface area (Å²) in [7, 11) is 1.58. The highest BCUT2D eigenvalue weighted by Crippen LogP contribution is 2.33. The molecule has 0 spiro atoms. The summed E-state index contributed by atoms with van der Waals surface area (Å²) in [5.74, 6) is 1.56. The number of anilines is 3. The van der Waals surface area contributed by atoms with Crippen molar-refractivity contribution < 1.29 is 4.74 Å². The van der Waals surface area contributed by atoms with Gasteiger partial charge < -0.3 is 15.8 Å². The predicted molar refractivity (Wildman–Crippen MR) is 75.4 cm³/mol. The fraction of sp³-hybridized carbons (Fsp3) is 0.0909. The molecule has 0 radical (unpaired) electrons. The molecule has 3 N–H and O–H groups in total. The van der Waals surface area contributed by atoms with Gasteiger partial charge in [-0.05, 0) is 34.1 Å². The third kappa shape index (κ3) is 2.65. The van der Waals surface area contributed by atoms with Crippen LogP contribution in [0.15, 0.2) is 29.0 Å². The summed E-state index contributed by atoms with van der Waals surface area (Å²) in [6.45, 7) is 0. The zero-order valence-electron chi connectivity index (χ0n) is 9.45. The van der Waals surface area contributed by atoms with E-state index in [9.17, 15) is 0 Å². The first-order chi connectivity index (χ1) is 8.61. The summed E-state index contributed by atoms with van der Waals surface area (Å²) in [6, 6.07) is 5.25. The van der Waals surface area contributed by atoms with Gasteiger partial charge in [-0.3, -0.25) is 0 Å². The molecular formula is C11H10BrClN4O. The summed E-state index contributed by atoms with van der Waals surface area (Å²) in [4.78, 5) is 7.96. The normalized spacial score (nSPS) is 10.2. The van der Waals surface area contributed by atoms with Crippen LogP contribution in [0.4, 0.5) is 17.3 Å². The van der Waals surface area contributed by atoms with E-state index in [1.54, 1.807) is 25.3 Å². The second-order valence-electron chi connectivity index (χ2n) is 3.39. The van der Waals surface area contributed by atoms with E-state index < -0.39 is 0 Å². The highest BCUT2D eigenvalue weighted by atomic mass is 79.9. The summed E-state index contributed by atoms with van der Waals surface area (Å²) in [6.07, 6.45) is 1.37. The van der Waals surface area contributed by atoms with Crippen molar-refractivity contribution >= 4 is 44.9 Å². The Morgan fingerprint density at radius 1 is 1.39 bits per heavy atom. The van der Waals surface area contributed by atoms with Crippen LogP contribution in [-0.4, -0.2) is 17.1 Å². The van der Waals surface area contributed by atoms with Crippen LogP contribution in [0.25, 0.3) is 0 Å². The predicted octanol–water partition coefficient (Wildman–Crippen LogP) is 3.23. The lowest BCUT2D eigenvalue weighted by Crippen LogP contribution is -2.01. The molecule has 18 heavy (non-hydrogen) atoms. The average Bonchev–Trinajstić information content (AvgIpc) is 2.35. The van der Waals surface area contributed by atoms with Gasteiger partial charge in [-0.1, -0.05) is 11.6 Å². The largest absolute Gasteiger partial charge is 0.495 e. The second kappa shape index (κ2) is 5.41. The summed E-state index contributed by atoms with van der Waals surface area (Å²) < 4.78 is 5.82. The van der Waals surface area contributed by atoms with E-state index in [1.165, 1.54) is 6.33 Å². The van der Waals surface area contributed by atoms with E-state index in [0.29, 0.717) is 32.6 Å². The van der Waals surface area contributed by atoms with Gasteiger partial charge in [0.15, 0.2) is 0 Å². The van der Waals surface area contributed by atoms with E-state index in [0.717, 1.165) is 0 Å². The summed E-state index contributed by atoms with van der Waals surface area (Å²) in [5.41, 5.74) is 6.38. The van der Waals surface area contributed by atoms with Crippen molar-refractivity contribution in [2.24, 2.45) is 0 Å². The van der Waals surface area contributed by atoms with Crippen LogP contribution in [0.2, 0.25) is 5.02 Å². The monoisotopic (exact) mass is 328 g/mol. The molecule has 0 aliphatic carbocycles. The molecular weight excluding hydrogens is 320 g/mol. The molecule has 5 nitrogen and oxygen atoms in total. The molecule has 1 heterocycles. The molecule has 0 unspecified atom stereocenters. The van der Waals surface area contributed by atoms with Gasteiger partial charge in [-0.2, -0.15) is 0 Å². The Balaban J connectivity index is 2.39. The highest BCUT2D eigenvalue weighted by molar-refractivity contribution is 9.10. The second-order valence-corrected chi connectivity index (χ2v) is 4.62. The van der Waals surface area contributed by atoms with Crippen LogP contribution in [0.5, 0.6) is 5.75 Å². The molecule has 0 fully saturated rings. The van der Waals surface area contributed by atoms with Crippen LogP contribution in [0, 0.1) is 0 Å². The quantitative estimate of drug-likeness (QED) is 0.904. The standard InChI is InChI=1S/C11H10BrClN4O/c1-18-8-3-2-6(13)4-7(8)17-11-9(12)10(14)15-5-16-11/h2-5H,1H3,(H3,14,15,16,17). The first-order valence-corrected chi connectivity index (χ1v) is 6.15. The van der Waals surface area contributed by atoms with E-state index in [4.69, 9.17) is 22.1 Å². The van der Waals surface area contributed by atoms with Crippen LogP contribution in [-0.2, 0) is 0 Å². The summed E-state index contributed by atoms with van der Waals surface area (Å²) >= 11 is 9.26. The molecule has 0 aliphatic heterocycles. The van der Waals surface area contributed by atoms with E-state index in [-0.39, 0.29) is 0 Å². The number of hydrogen-bond acceptors (Lipinski definition) is 5. The Bertz CT molecular complexity index is 579. The van der Waals surface area contributed by atoms with Gasteiger partial charge in [-0.25, -0.2) is 9.97 Å². The van der Waals surface area contributed by atoms with Gasteiger partial charge in [0.25, 0.3) is 0 Å². The molecule has 0 atom stereocenters. The number of nitrogens with two attached hydrogens (primary N) is 1. The number of rotatable bonds is 3. The van der Waals surface area contributed by atoms with Crippen LogP contribution < -0.4 is 15.8 Å². The third-order valence-electron chi connectivity index (χ3n) is 2.23. The fourth-order valence-electron chi connectivity index (χ4n) is 1.38. The number of nitrogen functional groups attached to an aromatic ring is 1. The fourth-order valence-corrected chi connectivity index (χ4v) is 1.85. The minimum Gasteiger partial charge on any atom is -0.495 e. The SMILES string of the molecule is COc1ccc(Cl)cc1Nc1ncnc(N)c1Br. The van der Waals surface area contributed by atoms with Crippen molar-refractivity contribution in [1.82, 2.24) is 9.97 Å². The zero-order valence-corrected chi connectivity index (χ0v) is 11.8. The molecule has 2 aromatic rings. The Hall–Kier alpha value is -1.53. The summed E-state index contributed by atoms with van der Waals surface area (Å²) in [5, 5.41) is 3.68. The van der Waals surface area contributed by atoms with Crippen molar-refractivity contribution in [2.75, 3.05) is 18.2 Å².